The molecule has 0 fully saturated rings. The molecule has 106 valence electrons. The van der Waals surface area contributed by atoms with Gasteiger partial charge in [-0.25, -0.2) is 0 Å². The first kappa shape index (κ1) is 13.4. The van der Waals surface area contributed by atoms with Crippen molar-refractivity contribution < 1.29 is 0 Å². The Morgan fingerprint density at radius 1 is 1.35 bits per heavy atom. The van der Waals surface area contributed by atoms with Gasteiger partial charge in [0.15, 0.2) is 0 Å². The van der Waals surface area contributed by atoms with Crippen LogP contribution in [0, 0.1) is 0 Å². The van der Waals surface area contributed by atoms with E-state index in [-0.39, 0.29) is 0 Å². The van der Waals surface area contributed by atoms with Crippen molar-refractivity contribution in [3.8, 4) is 0 Å². The summed E-state index contributed by atoms with van der Waals surface area (Å²) in [5, 5.41) is 4.37. The van der Waals surface area contributed by atoms with E-state index < -0.39 is 0 Å². The Morgan fingerprint density at radius 2 is 2.20 bits per heavy atom. The van der Waals surface area contributed by atoms with Crippen LogP contribution in [-0.2, 0) is 19.5 Å². The normalized spacial score (nSPS) is 18.2. The minimum absolute atomic E-state index is 0.546. The fourth-order valence-electron chi connectivity index (χ4n) is 3.25. The molecule has 0 bridgehead atoms. The van der Waals surface area contributed by atoms with E-state index in [9.17, 15) is 0 Å². The van der Waals surface area contributed by atoms with Crippen molar-refractivity contribution in [2.45, 2.75) is 45.3 Å². The van der Waals surface area contributed by atoms with Crippen LogP contribution in [0.5, 0.6) is 0 Å². The van der Waals surface area contributed by atoms with Gasteiger partial charge in [0.25, 0.3) is 0 Å². The highest BCUT2D eigenvalue weighted by molar-refractivity contribution is 5.32. The lowest BCUT2D eigenvalue weighted by molar-refractivity contribution is 0.213. The van der Waals surface area contributed by atoms with E-state index in [1.165, 1.54) is 36.0 Å². The molecule has 1 aromatic carbocycles. The Bertz CT molecular complexity index is 573. The number of aryl methyl sites for hydroxylation is 2. The summed E-state index contributed by atoms with van der Waals surface area (Å²) < 4.78 is 2.00. The van der Waals surface area contributed by atoms with Gasteiger partial charge in [-0.1, -0.05) is 24.3 Å². The monoisotopic (exact) mass is 269 g/mol. The van der Waals surface area contributed by atoms with Gasteiger partial charge in [0.05, 0.1) is 6.20 Å². The molecule has 2 aromatic rings. The van der Waals surface area contributed by atoms with E-state index in [1.54, 1.807) is 0 Å². The lowest BCUT2D eigenvalue weighted by Gasteiger charge is -2.33. The summed E-state index contributed by atoms with van der Waals surface area (Å²) in [7, 11) is 2.23. The maximum absolute atomic E-state index is 4.37. The van der Waals surface area contributed by atoms with Crippen LogP contribution in [0.4, 0.5) is 0 Å². The highest BCUT2D eigenvalue weighted by Crippen LogP contribution is 2.33. The van der Waals surface area contributed by atoms with Crippen LogP contribution in [0.15, 0.2) is 36.7 Å². The molecular weight excluding hydrogens is 246 g/mol. The van der Waals surface area contributed by atoms with Crippen molar-refractivity contribution in [2.75, 3.05) is 7.05 Å². The highest BCUT2D eigenvalue weighted by Gasteiger charge is 2.23. The predicted octanol–water partition coefficient (Wildman–Crippen LogP) is 3.41. The standard InChI is InChI=1S/C17H23N3/c1-3-20-13-14(11-18-20)12-19(2)17-10-6-8-15-7-4-5-9-16(15)17/h4-5,7,9,11,13,17H,3,6,8,10,12H2,1-2H3/t17-/m0/s1. The molecule has 1 heterocycles. The third-order valence-electron chi connectivity index (χ3n) is 4.31. The van der Waals surface area contributed by atoms with Gasteiger partial charge >= 0.3 is 0 Å². The molecule has 0 N–H and O–H groups in total. The van der Waals surface area contributed by atoms with Crippen molar-refractivity contribution in [1.82, 2.24) is 14.7 Å². The van der Waals surface area contributed by atoms with E-state index in [0.29, 0.717) is 6.04 Å². The summed E-state index contributed by atoms with van der Waals surface area (Å²) in [4.78, 5) is 2.47. The van der Waals surface area contributed by atoms with Gasteiger partial charge in [0.2, 0.25) is 0 Å². The van der Waals surface area contributed by atoms with Gasteiger partial charge in [0, 0.05) is 30.9 Å². The van der Waals surface area contributed by atoms with Gasteiger partial charge in [0.1, 0.15) is 0 Å². The fourth-order valence-corrected chi connectivity index (χ4v) is 3.25. The van der Waals surface area contributed by atoms with Crippen LogP contribution in [0.1, 0.15) is 42.5 Å². The first-order valence-corrected chi connectivity index (χ1v) is 7.57. The summed E-state index contributed by atoms with van der Waals surface area (Å²) in [6, 6.07) is 9.45. The lowest BCUT2D eigenvalue weighted by Crippen LogP contribution is -2.27. The second-order valence-electron chi connectivity index (χ2n) is 5.73. The van der Waals surface area contributed by atoms with Gasteiger partial charge in [-0.2, -0.15) is 5.10 Å². The molecule has 1 aliphatic rings. The smallest absolute Gasteiger partial charge is 0.0534 e. The summed E-state index contributed by atoms with van der Waals surface area (Å²) in [5.41, 5.74) is 4.35. The lowest BCUT2D eigenvalue weighted by atomic mass is 9.87. The van der Waals surface area contributed by atoms with E-state index in [2.05, 4.69) is 54.4 Å². The molecule has 0 spiro atoms. The van der Waals surface area contributed by atoms with Crippen LogP contribution >= 0.6 is 0 Å². The largest absolute Gasteiger partial charge is 0.295 e. The average Bonchev–Trinajstić information content (AvgIpc) is 2.94. The molecule has 3 heteroatoms. The zero-order valence-electron chi connectivity index (χ0n) is 12.4. The second-order valence-corrected chi connectivity index (χ2v) is 5.73. The number of hydrogen-bond donors (Lipinski definition) is 0. The average molecular weight is 269 g/mol. The number of aromatic nitrogens is 2. The minimum atomic E-state index is 0.546. The molecule has 1 aromatic heterocycles. The molecule has 0 amide bonds. The first-order valence-electron chi connectivity index (χ1n) is 7.57. The zero-order valence-corrected chi connectivity index (χ0v) is 12.4. The number of rotatable bonds is 4. The van der Waals surface area contributed by atoms with E-state index in [0.717, 1.165) is 13.1 Å². The molecule has 3 rings (SSSR count). The molecule has 3 nitrogen and oxygen atoms in total. The summed E-state index contributed by atoms with van der Waals surface area (Å²) in [5.74, 6) is 0. The van der Waals surface area contributed by atoms with Crippen molar-refractivity contribution in [3.63, 3.8) is 0 Å². The topological polar surface area (TPSA) is 21.1 Å². The van der Waals surface area contributed by atoms with Gasteiger partial charge < -0.3 is 0 Å². The molecule has 0 unspecified atom stereocenters. The summed E-state index contributed by atoms with van der Waals surface area (Å²) >= 11 is 0. The Morgan fingerprint density at radius 3 is 3.00 bits per heavy atom. The van der Waals surface area contributed by atoms with Gasteiger partial charge in [-0.15, -0.1) is 0 Å². The van der Waals surface area contributed by atoms with E-state index in [4.69, 9.17) is 0 Å². The van der Waals surface area contributed by atoms with E-state index >= 15 is 0 Å². The van der Waals surface area contributed by atoms with Crippen molar-refractivity contribution >= 4 is 0 Å². The third-order valence-corrected chi connectivity index (χ3v) is 4.31. The maximum atomic E-state index is 4.37. The SMILES string of the molecule is CCn1cc(CN(C)[C@H]2CCCc3ccccc32)cn1. The molecule has 20 heavy (non-hydrogen) atoms. The van der Waals surface area contributed by atoms with E-state index in [1.807, 2.05) is 10.9 Å². The van der Waals surface area contributed by atoms with Crippen molar-refractivity contribution in [1.29, 1.82) is 0 Å². The molecule has 0 saturated carbocycles. The van der Waals surface area contributed by atoms with Crippen LogP contribution < -0.4 is 0 Å². The molecule has 0 saturated heterocycles. The van der Waals surface area contributed by atoms with Crippen LogP contribution in [0.2, 0.25) is 0 Å². The highest BCUT2D eigenvalue weighted by atomic mass is 15.3. The molecule has 0 aliphatic heterocycles. The van der Waals surface area contributed by atoms with Crippen LogP contribution in [-0.4, -0.2) is 21.7 Å². The third kappa shape index (κ3) is 2.63. The molecule has 1 atom stereocenters. The van der Waals surface area contributed by atoms with Crippen LogP contribution in [0.3, 0.4) is 0 Å². The molecule has 1 aliphatic carbocycles. The van der Waals surface area contributed by atoms with Crippen molar-refractivity contribution in [2.24, 2.45) is 0 Å². The summed E-state index contributed by atoms with van der Waals surface area (Å²) in [6.07, 6.45) is 7.93. The Hall–Kier alpha value is -1.61. The van der Waals surface area contributed by atoms with Gasteiger partial charge in [-0.05, 0) is 44.4 Å². The molecule has 0 radical (unpaired) electrons. The van der Waals surface area contributed by atoms with Crippen molar-refractivity contribution in [3.05, 3.63) is 53.3 Å². The Balaban J connectivity index is 1.76. The summed E-state index contributed by atoms with van der Waals surface area (Å²) in [6.45, 7) is 4.03. The number of nitrogens with zero attached hydrogens (tertiary/aromatic N) is 3. The van der Waals surface area contributed by atoms with Crippen LogP contribution in [0.25, 0.3) is 0 Å². The maximum Gasteiger partial charge on any atom is 0.0534 e. The zero-order chi connectivity index (χ0) is 13.9. The number of hydrogen-bond acceptors (Lipinski definition) is 2. The molecular formula is C17H23N3. The second kappa shape index (κ2) is 5.80. The first-order chi connectivity index (χ1) is 9.78. The number of benzene rings is 1. The minimum Gasteiger partial charge on any atom is -0.295 e. The predicted molar refractivity (Wildman–Crippen MR) is 81.5 cm³/mol. The quantitative estimate of drug-likeness (QED) is 0.848. The number of fused-ring (bicyclic) bond motifs is 1. The Kier molecular flexibility index (Phi) is 3.88. The fraction of sp³-hybridized carbons (Fsp3) is 0.471. The van der Waals surface area contributed by atoms with Gasteiger partial charge in [-0.3, -0.25) is 9.58 Å². The Labute approximate surface area is 121 Å².